The van der Waals surface area contributed by atoms with Crippen molar-refractivity contribution in [1.82, 2.24) is 0 Å². The Kier molecular flexibility index (Phi) is 2.51. The van der Waals surface area contributed by atoms with Crippen molar-refractivity contribution in [2.24, 2.45) is 0 Å². The molecule has 2 heterocycles. The number of fused-ring (bicyclic) bond motifs is 2. The van der Waals surface area contributed by atoms with Gasteiger partial charge in [0.25, 0.3) is 0 Å². The Morgan fingerprint density at radius 3 is 2.45 bits per heavy atom. The fraction of sp³-hybridized carbons (Fsp3) is 0.0625. The maximum absolute atomic E-state index is 13.0. The molecule has 110 valence electrons. The van der Waals surface area contributed by atoms with Crippen LogP contribution in [0.5, 0.6) is 11.5 Å². The van der Waals surface area contributed by atoms with Crippen LogP contribution in [0.4, 0.5) is 8.78 Å². The highest BCUT2D eigenvalue weighted by atomic mass is 19.3. The summed E-state index contributed by atoms with van der Waals surface area (Å²) in [4.78, 5) is 10.7. The van der Waals surface area contributed by atoms with E-state index >= 15 is 0 Å². The standard InChI is InChI=1S/C16H8F2O4/c17-16(18)21-14-4-2-10(7-15(14)22-16)9-1-3-13-11(5-9)6-12(8-19)20-13/h1-8H. The monoisotopic (exact) mass is 302 g/mol. The second-order valence-electron chi connectivity index (χ2n) is 4.85. The summed E-state index contributed by atoms with van der Waals surface area (Å²) in [6, 6.07) is 11.5. The van der Waals surface area contributed by atoms with Gasteiger partial charge in [-0.3, -0.25) is 4.79 Å². The van der Waals surface area contributed by atoms with Gasteiger partial charge in [0, 0.05) is 5.39 Å². The molecule has 22 heavy (non-hydrogen) atoms. The third kappa shape index (κ3) is 2.00. The van der Waals surface area contributed by atoms with E-state index in [1.165, 1.54) is 12.1 Å². The third-order valence-corrected chi connectivity index (χ3v) is 3.39. The van der Waals surface area contributed by atoms with Gasteiger partial charge in [-0.25, -0.2) is 0 Å². The Bertz CT molecular complexity index is 898. The number of carbonyl (C=O) groups is 1. The van der Waals surface area contributed by atoms with Gasteiger partial charge in [0.2, 0.25) is 0 Å². The molecule has 1 aromatic heterocycles. The Hall–Kier alpha value is -2.89. The van der Waals surface area contributed by atoms with E-state index in [-0.39, 0.29) is 17.3 Å². The average Bonchev–Trinajstić information content (AvgIpc) is 3.03. The molecule has 1 aliphatic heterocycles. The fourth-order valence-corrected chi connectivity index (χ4v) is 2.43. The van der Waals surface area contributed by atoms with Gasteiger partial charge in [-0.15, -0.1) is 8.78 Å². The maximum Gasteiger partial charge on any atom is 0.586 e. The predicted molar refractivity (Wildman–Crippen MR) is 73.2 cm³/mol. The summed E-state index contributed by atoms with van der Waals surface area (Å²) in [7, 11) is 0. The molecule has 6 heteroatoms. The van der Waals surface area contributed by atoms with Gasteiger partial charge in [0.1, 0.15) is 5.58 Å². The lowest BCUT2D eigenvalue weighted by Gasteiger charge is -2.04. The van der Waals surface area contributed by atoms with Gasteiger partial charge in [0.15, 0.2) is 23.5 Å². The summed E-state index contributed by atoms with van der Waals surface area (Å²) in [5.41, 5.74) is 2.06. The average molecular weight is 302 g/mol. The minimum absolute atomic E-state index is 0.00128. The van der Waals surface area contributed by atoms with E-state index in [0.717, 1.165) is 10.9 Å². The van der Waals surface area contributed by atoms with Crippen LogP contribution in [0.3, 0.4) is 0 Å². The highest BCUT2D eigenvalue weighted by Crippen LogP contribution is 2.43. The largest absolute Gasteiger partial charge is 0.586 e. The van der Waals surface area contributed by atoms with Crippen molar-refractivity contribution < 1.29 is 27.5 Å². The van der Waals surface area contributed by atoms with E-state index in [4.69, 9.17) is 4.42 Å². The van der Waals surface area contributed by atoms with Gasteiger partial charge < -0.3 is 13.9 Å². The lowest BCUT2D eigenvalue weighted by molar-refractivity contribution is -0.286. The van der Waals surface area contributed by atoms with Gasteiger partial charge in [-0.05, 0) is 41.5 Å². The predicted octanol–water partition coefficient (Wildman–Crippen LogP) is 4.23. The molecule has 2 aromatic carbocycles. The number of hydrogen-bond acceptors (Lipinski definition) is 4. The smallest absolute Gasteiger partial charge is 0.453 e. The molecule has 4 rings (SSSR count). The second kappa shape index (κ2) is 4.30. The van der Waals surface area contributed by atoms with Crippen LogP contribution in [0.15, 0.2) is 46.9 Å². The van der Waals surface area contributed by atoms with Crippen molar-refractivity contribution in [2.75, 3.05) is 0 Å². The van der Waals surface area contributed by atoms with Crippen molar-refractivity contribution in [2.45, 2.75) is 6.29 Å². The van der Waals surface area contributed by atoms with E-state index < -0.39 is 6.29 Å². The Balaban J connectivity index is 1.78. The first-order valence-corrected chi connectivity index (χ1v) is 6.43. The van der Waals surface area contributed by atoms with Crippen LogP contribution in [-0.4, -0.2) is 12.6 Å². The van der Waals surface area contributed by atoms with Crippen molar-refractivity contribution in [3.05, 3.63) is 48.2 Å². The van der Waals surface area contributed by atoms with Crippen LogP contribution < -0.4 is 9.47 Å². The summed E-state index contributed by atoms with van der Waals surface area (Å²) in [5.74, 6) is 0.224. The molecule has 0 aliphatic carbocycles. The maximum atomic E-state index is 13.0. The summed E-state index contributed by atoms with van der Waals surface area (Å²) in [6.45, 7) is 0. The fourth-order valence-electron chi connectivity index (χ4n) is 2.43. The van der Waals surface area contributed by atoms with E-state index in [1.807, 2.05) is 6.07 Å². The molecule has 0 spiro atoms. The molecule has 0 saturated heterocycles. The summed E-state index contributed by atoms with van der Waals surface area (Å²) in [6.07, 6.45) is -3.00. The Morgan fingerprint density at radius 1 is 0.909 bits per heavy atom. The number of benzene rings is 2. The first-order chi connectivity index (χ1) is 10.5. The zero-order chi connectivity index (χ0) is 15.3. The number of ether oxygens (including phenoxy) is 2. The summed E-state index contributed by atoms with van der Waals surface area (Å²) in [5, 5.41) is 0.752. The minimum Gasteiger partial charge on any atom is -0.453 e. The molecule has 0 amide bonds. The van der Waals surface area contributed by atoms with E-state index in [1.54, 1.807) is 24.3 Å². The molecular weight excluding hydrogens is 294 g/mol. The quantitative estimate of drug-likeness (QED) is 0.665. The van der Waals surface area contributed by atoms with Crippen molar-refractivity contribution in [3.8, 4) is 22.6 Å². The summed E-state index contributed by atoms with van der Waals surface area (Å²) >= 11 is 0. The molecule has 0 N–H and O–H groups in total. The van der Waals surface area contributed by atoms with Crippen LogP contribution in [0.1, 0.15) is 10.6 Å². The third-order valence-electron chi connectivity index (χ3n) is 3.39. The molecule has 0 atom stereocenters. The van der Waals surface area contributed by atoms with Gasteiger partial charge in [-0.2, -0.15) is 0 Å². The Morgan fingerprint density at radius 2 is 1.64 bits per heavy atom. The first kappa shape index (κ1) is 12.8. The van der Waals surface area contributed by atoms with Gasteiger partial charge in [-0.1, -0.05) is 12.1 Å². The molecule has 0 radical (unpaired) electrons. The number of halogens is 2. The van der Waals surface area contributed by atoms with Crippen LogP contribution in [0, 0.1) is 0 Å². The first-order valence-electron chi connectivity index (χ1n) is 6.43. The number of alkyl halides is 2. The molecule has 0 saturated carbocycles. The van der Waals surface area contributed by atoms with Gasteiger partial charge in [0.05, 0.1) is 0 Å². The van der Waals surface area contributed by atoms with E-state index in [2.05, 4.69) is 9.47 Å². The second-order valence-corrected chi connectivity index (χ2v) is 4.85. The van der Waals surface area contributed by atoms with Crippen molar-refractivity contribution >= 4 is 17.3 Å². The molecular formula is C16H8F2O4. The number of hydrogen-bond donors (Lipinski definition) is 0. The normalized spacial score (nSPS) is 15.2. The summed E-state index contributed by atoms with van der Waals surface area (Å²) < 4.78 is 40.2. The highest BCUT2D eigenvalue weighted by Gasteiger charge is 2.43. The molecule has 0 bridgehead atoms. The number of aldehydes is 1. The zero-order valence-corrected chi connectivity index (χ0v) is 11.0. The molecule has 0 fully saturated rings. The van der Waals surface area contributed by atoms with Crippen molar-refractivity contribution in [3.63, 3.8) is 0 Å². The number of furan rings is 1. The molecule has 1 aliphatic rings. The van der Waals surface area contributed by atoms with Crippen LogP contribution >= 0.6 is 0 Å². The highest BCUT2D eigenvalue weighted by molar-refractivity contribution is 5.88. The number of carbonyl (C=O) groups excluding carboxylic acids is 1. The Labute approximate surface area is 122 Å². The molecule has 3 aromatic rings. The zero-order valence-electron chi connectivity index (χ0n) is 11.0. The van der Waals surface area contributed by atoms with Crippen LogP contribution in [0.2, 0.25) is 0 Å². The lowest BCUT2D eigenvalue weighted by Crippen LogP contribution is -2.25. The van der Waals surface area contributed by atoms with Crippen LogP contribution in [0.25, 0.3) is 22.1 Å². The SMILES string of the molecule is O=Cc1cc2cc(-c3ccc4c(c3)OC(F)(F)O4)ccc2o1. The van der Waals surface area contributed by atoms with E-state index in [9.17, 15) is 13.6 Å². The number of rotatable bonds is 2. The van der Waals surface area contributed by atoms with Gasteiger partial charge >= 0.3 is 6.29 Å². The lowest BCUT2D eigenvalue weighted by atomic mass is 10.0. The van der Waals surface area contributed by atoms with E-state index in [0.29, 0.717) is 17.4 Å². The van der Waals surface area contributed by atoms with Crippen molar-refractivity contribution in [1.29, 1.82) is 0 Å². The van der Waals surface area contributed by atoms with Crippen LogP contribution in [-0.2, 0) is 0 Å². The molecule has 4 nitrogen and oxygen atoms in total. The topological polar surface area (TPSA) is 48.7 Å². The minimum atomic E-state index is -3.63. The molecule has 0 unspecified atom stereocenters.